The fraction of sp³-hybridized carbons (Fsp3) is 0.765. The second-order valence-electron chi connectivity index (χ2n) is 6.28. The smallest absolute Gasteiger partial charge is 0.0202 e. The highest BCUT2D eigenvalue weighted by atomic mass is 15.2. The molecule has 114 valence electrons. The number of likely N-dealkylation sites (tertiary alicyclic amines) is 1. The Morgan fingerprint density at radius 3 is 3.00 bits per heavy atom. The summed E-state index contributed by atoms with van der Waals surface area (Å²) in [5.74, 6) is 0.555. The first-order valence-electron chi connectivity index (χ1n) is 8.31. The molecule has 1 heterocycles. The van der Waals surface area contributed by atoms with Gasteiger partial charge < -0.3 is 16.0 Å². The fourth-order valence-electron chi connectivity index (χ4n) is 3.14. The van der Waals surface area contributed by atoms with E-state index in [0.29, 0.717) is 5.92 Å². The summed E-state index contributed by atoms with van der Waals surface area (Å²) in [5, 5.41) is 3.56. The number of piperidine rings is 1. The predicted octanol–water partition coefficient (Wildman–Crippen LogP) is 2.30. The van der Waals surface area contributed by atoms with Crippen molar-refractivity contribution < 1.29 is 0 Å². The van der Waals surface area contributed by atoms with E-state index in [1.807, 2.05) is 0 Å². The first-order chi connectivity index (χ1) is 9.79. The standard InChI is InChI=1S/C17H31N3/c1-15-5-2-3-11-20(15)12-4-10-19-14-17-8-6-16(13-18)7-9-17/h6,8-9,15-16,19H,2-5,7,10-14,18H2,1H3. The Morgan fingerprint density at radius 1 is 1.40 bits per heavy atom. The molecule has 0 radical (unpaired) electrons. The maximum atomic E-state index is 5.67. The number of nitrogens with one attached hydrogen (secondary N) is 1. The van der Waals surface area contributed by atoms with Gasteiger partial charge in [0.15, 0.2) is 0 Å². The summed E-state index contributed by atoms with van der Waals surface area (Å²) in [7, 11) is 0. The van der Waals surface area contributed by atoms with E-state index in [9.17, 15) is 0 Å². The maximum absolute atomic E-state index is 5.67. The lowest BCUT2D eigenvalue weighted by atomic mass is 9.97. The lowest BCUT2D eigenvalue weighted by Crippen LogP contribution is -2.39. The van der Waals surface area contributed by atoms with Crippen LogP contribution in [0.3, 0.4) is 0 Å². The quantitative estimate of drug-likeness (QED) is 0.702. The molecule has 2 unspecified atom stereocenters. The summed E-state index contributed by atoms with van der Waals surface area (Å²) < 4.78 is 0. The van der Waals surface area contributed by atoms with Gasteiger partial charge in [-0.2, -0.15) is 0 Å². The molecule has 1 fully saturated rings. The Bertz CT molecular complexity index is 335. The normalized spacial score (nSPS) is 27.6. The summed E-state index contributed by atoms with van der Waals surface area (Å²) in [6.07, 6.45) is 13.4. The van der Waals surface area contributed by atoms with Crippen LogP contribution in [0.5, 0.6) is 0 Å². The number of hydrogen-bond donors (Lipinski definition) is 2. The highest BCUT2D eigenvalue weighted by Crippen LogP contribution is 2.16. The van der Waals surface area contributed by atoms with Crippen molar-refractivity contribution in [2.24, 2.45) is 11.7 Å². The van der Waals surface area contributed by atoms with Crippen LogP contribution in [0, 0.1) is 5.92 Å². The van der Waals surface area contributed by atoms with Crippen LogP contribution in [-0.4, -0.2) is 43.7 Å². The molecule has 0 spiro atoms. The van der Waals surface area contributed by atoms with Crippen molar-refractivity contribution in [3.05, 3.63) is 23.8 Å². The summed E-state index contributed by atoms with van der Waals surface area (Å²) in [6.45, 7) is 7.81. The molecule has 2 rings (SSSR count). The summed E-state index contributed by atoms with van der Waals surface area (Å²) in [5.41, 5.74) is 7.09. The largest absolute Gasteiger partial charge is 0.330 e. The Hall–Kier alpha value is -0.640. The number of nitrogens with two attached hydrogens (primary N) is 1. The van der Waals surface area contributed by atoms with Gasteiger partial charge in [-0.25, -0.2) is 0 Å². The molecule has 2 atom stereocenters. The fourth-order valence-corrected chi connectivity index (χ4v) is 3.14. The molecule has 1 aliphatic heterocycles. The van der Waals surface area contributed by atoms with Crippen LogP contribution in [-0.2, 0) is 0 Å². The number of hydrogen-bond acceptors (Lipinski definition) is 3. The van der Waals surface area contributed by atoms with Crippen molar-refractivity contribution in [3.63, 3.8) is 0 Å². The van der Waals surface area contributed by atoms with Crippen LogP contribution in [0.4, 0.5) is 0 Å². The first kappa shape index (κ1) is 15.7. The van der Waals surface area contributed by atoms with Gasteiger partial charge in [-0.1, -0.05) is 24.6 Å². The first-order valence-corrected chi connectivity index (χ1v) is 8.31. The molecule has 0 saturated carbocycles. The Labute approximate surface area is 124 Å². The summed E-state index contributed by atoms with van der Waals surface area (Å²) in [6, 6.07) is 0.793. The Morgan fingerprint density at radius 2 is 2.30 bits per heavy atom. The lowest BCUT2D eigenvalue weighted by molar-refractivity contribution is 0.159. The van der Waals surface area contributed by atoms with Gasteiger partial charge >= 0.3 is 0 Å². The maximum Gasteiger partial charge on any atom is 0.0202 e. The molecule has 0 aromatic carbocycles. The van der Waals surface area contributed by atoms with Crippen molar-refractivity contribution in [2.75, 3.05) is 32.7 Å². The van der Waals surface area contributed by atoms with Crippen LogP contribution in [0.1, 0.15) is 39.0 Å². The predicted molar refractivity (Wildman–Crippen MR) is 86.8 cm³/mol. The van der Waals surface area contributed by atoms with Crippen LogP contribution in [0.15, 0.2) is 23.8 Å². The number of allylic oxidation sites excluding steroid dienone is 1. The van der Waals surface area contributed by atoms with E-state index < -0.39 is 0 Å². The van der Waals surface area contributed by atoms with E-state index >= 15 is 0 Å². The zero-order valence-corrected chi connectivity index (χ0v) is 13.0. The molecular weight excluding hydrogens is 246 g/mol. The minimum atomic E-state index is 0.555. The lowest BCUT2D eigenvalue weighted by Gasteiger charge is -2.33. The second kappa shape index (κ2) is 8.60. The van der Waals surface area contributed by atoms with Crippen molar-refractivity contribution in [1.82, 2.24) is 10.2 Å². The molecule has 1 saturated heterocycles. The van der Waals surface area contributed by atoms with E-state index in [0.717, 1.165) is 32.1 Å². The molecule has 3 N–H and O–H groups in total. The minimum absolute atomic E-state index is 0.555. The topological polar surface area (TPSA) is 41.3 Å². The summed E-state index contributed by atoms with van der Waals surface area (Å²) >= 11 is 0. The van der Waals surface area contributed by atoms with E-state index in [-0.39, 0.29) is 0 Å². The van der Waals surface area contributed by atoms with Gasteiger partial charge in [0.25, 0.3) is 0 Å². The highest BCUT2D eigenvalue weighted by Gasteiger charge is 2.16. The van der Waals surface area contributed by atoms with Crippen molar-refractivity contribution in [2.45, 2.75) is 45.1 Å². The zero-order chi connectivity index (χ0) is 14.2. The average Bonchev–Trinajstić information content (AvgIpc) is 2.49. The second-order valence-corrected chi connectivity index (χ2v) is 6.28. The number of rotatable bonds is 7. The van der Waals surface area contributed by atoms with Crippen molar-refractivity contribution in [3.8, 4) is 0 Å². The third-order valence-corrected chi connectivity index (χ3v) is 4.64. The molecular formula is C17H31N3. The SMILES string of the molecule is CC1CCCCN1CCCNCC1=CCC(CN)C=C1. The van der Waals surface area contributed by atoms with Gasteiger partial charge in [-0.05, 0) is 70.3 Å². The van der Waals surface area contributed by atoms with E-state index in [1.165, 1.54) is 44.3 Å². The van der Waals surface area contributed by atoms with Crippen molar-refractivity contribution in [1.29, 1.82) is 0 Å². The van der Waals surface area contributed by atoms with Crippen LogP contribution >= 0.6 is 0 Å². The highest BCUT2D eigenvalue weighted by molar-refractivity contribution is 5.25. The van der Waals surface area contributed by atoms with Gasteiger partial charge in [0.1, 0.15) is 0 Å². The third kappa shape index (κ3) is 5.04. The Balaban J connectivity index is 1.54. The number of nitrogens with zero attached hydrogens (tertiary/aromatic N) is 1. The van der Waals surface area contributed by atoms with Gasteiger partial charge in [-0.15, -0.1) is 0 Å². The van der Waals surface area contributed by atoms with Crippen LogP contribution in [0.2, 0.25) is 0 Å². The van der Waals surface area contributed by atoms with Crippen LogP contribution in [0.25, 0.3) is 0 Å². The minimum Gasteiger partial charge on any atom is -0.330 e. The van der Waals surface area contributed by atoms with Gasteiger partial charge in [-0.3, -0.25) is 0 Å². The molecule has 20 heavy (non-hydrogen) atoms. The monoisotopic (exact) mass is 277 g/mol. The molecule has 2 aliphatic rings. The Kier molecular flexibility index (Phi) is 6.77. The van der Waals surface area contributed by atoms with Crippen LogP contribution < -0.4 is 11.1 Å². The van der Waals surface area contributed by atoms with Gasteiger partial charge in [0, 0.05) is 12.6 Å². The molecule has 3 heteroatoms. The average molecular weight is 277 g/mol. The van der Waals surface area contributed by atoms with Gasteiger partial charge in [0.05, 0.1) is 0 Å². The third-order valence-electron chi connectivity index (χ3n) is 4.64. The zero-order valence-electron chi connectivity index (χ0n) is 13.0. The molecule has 0 aromatic rings. The van der Waals surface area contributed by atoms with Gasteiger partial charge in [0.2, 0.25) is 0 Å². The molecule has 3 nitrogen and oxygen atoms in total. The molecule has 0 amide bonds. The van der Waals surface area contributed by atoms with E-state index in [1.54, 1.807) is 0 Å². The van der Waals surface area contributed by atoms with E-state index in [4.69, 9.17) is 5.73 Å². The summed E-state index contributed by atoms with van der Waals surface area (Å²) in [4.78, 5) is 2.65. The van der Waals surface area contributed by atoms with Crippen molar-refractivity contribution >= 4 is 0 Å². The van der Waals surface area contributed by atoms with E-state index in [2.05, 4.69) is 35.4 Å². The molecule has 0 bridgehead atoms. The molecule has 0 aromatic heterocycles. The molecule has 1 aliphatic carbocycles.